The number of halogens is 2. The Balaban J connectivity index is 2.01. The topological polar surface area (TPSA) is 74.5 Å². The monoisotopic (exact) mass is 325 g/mol. The Morgan fingerprint density at radius 3 is 2.78 bits per heavy atom. The van der Waals surface area contributed by atoms with Crippen molar-refractivity contribution < 1.29 is 4.39 Å². The van der Waals surface area contributed by atoms with E-state index in [9.17, 15) is 4.39 Å². The zero-order valence-electron chi connectivity index (χ0n) is 11.7. The van der Waals surface area contributed by atoms with Gasteiger partial charge in [0.2, 0.25) is 0 Å². The number of aromatic nitrogens is 3. The molecule has 0 saturated carbocycles. The van der Waals surface area contributed by atoms with Gasteiger partial charge in [0.1, 0.15) is 28.4 Å². The van der Waals surface area contributed by atoms with Crippen LogP contribution in [-0.2, 0) is 0 Å². The van der Waals surface area contributed by atoms with Gasteiger partial charge in [0.15, 0.2) is 5.82 Å². The van der Waals surface area contributed by atoms with Gasteiger partial charge in [-0.1, -0.05) is 17.7 Å². The number of hydrogen-bond donors (Lipinski definition) is 1. The van der Waals surface area contributed by atoms with Gasteiger partial charge in [0.05, 0.1) is 5.69 Å². The third kappa shape index (κ3) is 3.25. The molecule has 0 unspecified atom stereocenters. The SMILES string of the molecule is N#Cc1c(F)cccc1Nc1cc(Cl)nc(-c2cccnc2)n1. The molecule has 0 radical (unpaired) electrons. The lowest BCUT2D eigenvalue weighted by Crippen LogP contribution is -2.00. The molecule has 2 aromatic heterocycles. The molecule has 5 nitrogen and oxygen atoms in total. The highest BCUT2D eigenvalue weighted by molar-refractivity contribution is 6.29. The normalized spacial score (nSPS) is 10.1. The summed E-state index contributed by atoms with van der Waals surface area (Å²) in [6, 6.07) is 11.2. The van der Waals surface area contributed by atoms with Crippen molar-refractivity contribution in [3.05, 3.63) is 65.3 Å². The van der Waals surface area contributed by atoms with Gasteiger partial charge >= 0.3 is 0 Å². The van der Waals surface area contributed by atoms with Crippen LogP contribution in [0.3, 0.4) is 0 Å². The molecule has 23 heavy (non-hydrogen) atoms. The molecule has 3 rings (SSSR count). The zero-order valence-corrected chi connectivity index (χ0v) is 12.4. The maximum absolute atomic E-state index is 13.6. The Kier molecular flexibility index (Phi) is 4.13. The molecule has 3 aromatic rings. The van der Waals surface area contributed by atoms with Gasteiger partial charge in [-0.3, -0.25) is 4.98 Å². The third-order valence-corrected chi connectivity index (χ3v) is 3.20. The Morgan fingerprint density at radius 1 is 1.17 bits per heavy atom. The Hall–Kier alpha value is -3.04. The van der Waals surface area contributed by atoms with Crippen molar-refractivity contribution in [2.24, 2.45) is 0 Å². The van der Waals surface area contributed by atoms with E-state index in [1.807, 2.05) is 6.07 Å². The molecule has 0 bridgehead atoms. The standard InChI is InChI=1S/C16H9ClFN5/c17-14-7-15(21-13-5-1-4-12(18)11(13)8-19)23-16(22-14)10-3-2-6-20-9-10/h1-7,9H,(H,21,22,23). The first-order valence-electron chi connectivity index (χ1n) is 6.58. The average Bonchev–Trinajstić information content (AvgIpc) is 2.55. The van der Waals surface area contributed by atoms with Crippen LogP contribution >= 0.6 is 11.6 Å². The van der Waals surface area contributed by atoms with Gasteiger partial charge in [0, 0.05) is 24.0 Å². The lowest BCUT2D eigenvalue weighted by molar-refractivity contribution is 0.624. The van der Waals surface area contributed by atoms with Crippen LogP contribution in [0.25, 0.3) is 11.4 Å². The molecule has 0 amide bonds. The molecule has 112 valence electrons. The molecular formula is C16H9ClFN5. The number of nitriles is 1. The predicted molar refractivity (Wildman–Crippen MR) is 84.7 cm³/mol. The van der Waals surface area contributed by atoms with Crippen LogP contribution in [-0.4, -0.2) is 15.0 Å². The molecule has 0 fully saturated rings. The van der Waals surface area contributed by atoms with Crippen molar-refractivity contribution in [2.45, 2.75) is 0 Å². The fourth-order valence-electron chi connectivity index (χ4n) is 1.99. The highest BCUT2D eigenvalue weighted by atomic mass is 35.5. The molecule has 7 heteroatoms. The van der Waals surface area contributed by atoms with Crippen LogP contribution in [0.4, 0.5) is 15.9 Å². The second-order valence-electron chi connectivity index (χ2n) is 4.54. The van der Waals surface area contributed by atoms with Crippen molar-refractivity contribution >= 4 is 23.1 Å². The summed E-state index contributed by atoms with van der Waals surface area (Å²) in [5, 5.41) is 12.2. The summed E-state index contributed by atoms with van der Waals surface area (Å²) in [6.07, 6.45) is 3.25. The number of rotatable bonds is 3. The molecule has 1 aromatic carbocycles. The second-order valence-corrected chi connectivity index (χ2v) is 4.93. The van der Waals surface area contributed by atoms with Crippen molar-refractivity contribution in [2.75, 3.05) is 5.32 Å². The Labute approximate surface area is 136 Å². The number of hydrogen-bond acceptors (Lipinski definition) is 5. The van der Waals surface area contributed by atoms with Gasteiger partial charge in [-0.15, -0.1) is 0 Å². The summed E-state index contributed by atoms with van der Waals surface area (Å²) >= 11 is 6.02. The summed E-state index contributed by atoms with van der Waals surface area (Å²) in [5.74, 6) is 0.124. The largest absolute Gasteiger partial charge is 0.339 e. The van der Waals surface area contributed by atoms with Crippen LogP contribution in [0.15, 0.2) is 48.8 Å². The molecular weight excluding hydrogens is 317 g/mol. The Morgan fingerprint density at radius 2 is 2.04 bits per heavy atom. The molecule has 0 saturated heterocycles. The maximum Gasteiger partial charge on any atom is 0.164 e. The third-order valence-electron chi connectivity index (χ3n) is 3.00. The number of benzene rings is 1. The zero-order chi connectivity index (χ0) is 16.2. The summed E-state index contributed by atoms with van der Waals surface area (Å²) in [4.78, 5) is 12.5. The van der Waals surface area contributed by atoms with Crippen LogP contribution < -0.4 is 5.32 Å². The number of pyridine rings is 1. The number of anilines is 2. The number of nitrogens with one attached hydrogen (secondary N) is 1. The quantitative estimate of drug-likeness (QED) is 0.738. The number of nitrogens with zero attached hydrogens (tertiary/aromatic N) is 4. The minimum atomic E-state index is -0.606. The molecule has 0 aliphatic carbocycles. The highest BCUT2D eigenvalue weighted by Crippen LogP contribution is 2.25. The van der Waals surface area contributed by atoms with Crippen LogP contribution in [0, 0.1) is 17.1 Å². The maximum atomic E-state index is 13.6. The lowest BCUT2D eigenvalue weighted by Gasteiger charge is -2.09. The average molecular weight is 326 g/mol. The minimum absolute atomic E-state index is 0.0924. The minimum Gasteiger partial charge on any atom is -0.339 e. The van der Waals surface area contributed by atoms with E-state index in [4.69, 9.17) is 16.9 Å². The van der Waals surface area contributed by atoms with Gasteiger partial charge in [0.25, 0.3) is 0 Å². The van der Waals surface area contributed by atoms with Gasteiger partial charge in [-0.05, 0) is 24.3 Å². The van der Waals surface area contributed by atoms with E-state index in [0.717, 1.165) is 0 Å². The summed E-state index contributed by atoms with van der Waals surface area (Å²) in [6.45, 7) is 0. The van der Waals surface area contributed by atoms with E-state index in [1.54, 1.807) is 30.6 Å². The van der Waals surface area contributed by atoms with Crippen molar-refractivity contribution in [1.29, 1.82) is 5.26 Å². The smallest absolute Gasteiger partial charge is 0.164 e. The first-order chi connectivity index (χ1) is 11.2. The van der Waals surface area contributed by atoms with E-state index in [2.05, 4.69) is 20.3 Å². The van der Waals surface area contributed by atoms with Crippen LogP contribution in [0.5, 0.6) is 0 Å². The highest BCUT2D eigenvalue weighted by Gasteiger charge is 2.11. The van der Waals surface area contributed by atoms with E-state index in [1.165, 1.54) is 18.2 Å². The van der Waals surface area contributed by atoms with E-state index in [0.29, 0.717) is 22.9 Å². The van der Waals surface area contributed by atoms with Gasteiger partial charge in [-0.25, -0.2) is 14.4 Å². The van der Waals surface area contributed by atoms with Gasteiger partial charge < -0.3 is 5.32 Å². The molecule has 0 aliphatic rings. The van der Waals surface area contributed by atoms with Gasteiger partial charge in [-0.2, -0.15) is 5.26 Å². The predicted octanol–water partition coefficient (Wildman–Crippen LogP) is 3.95. The van der Waals surface area contributed by atoms with E-state index >= 15 is 0 Å². The molecule has 1 N–H and O–H groups in total. The molecule has 0 aliphatic heterocycles. The molecule has 2 heterocycles. The van der Waals surface area contributed by atoms with Crippen LogP contribution in [0.1, 0.15) is 5.56 Å². The van der Waals surface area contributed by atoms with Crippen molar-refractivity contribution in [3.8, 4) is 17.5 Å². The fourth-order valence-corrected chi connectivity index (χ4v) is 2.17. The van der Waals surface area contributed by atoms with Crippen LogP contribution in [0.2, 0.25) is 5.15 Å². The fraction of sp³-hybridized carbons (Fsp3) is 0. The summed E-state index contributed by atoms with van der Waals surface area (Å²) in [7, 11) is 0. The Bertz CT molecular complexity index is 893. The lowest BCUT2D eigenvalue weighted by atomic mass is 10.2. The second kappa shape index (κ2) is 6.38. The summed E-state index contributed by atoms with van der Waals surface area (Å²) < 4.78 is 13.6. The molecule has 0 spiro atoms. The first kappa shape index (κ1) is 14.9. The van der Waals surface area contributed by atoms with E-state index in [-0.39, 0.29) is 10.7 Å². The summed E-state index contributed by atoms with van der Waals surface area (Å²) in [5.41, 5.74) is 0.905. The van der Waals surface area contributed by atoms with E-state index < -0.39 is 5.82 Å². The van der Waals surface area contributed by atoms with Crippen molar-refractivity contribution in [1.82, 2.24) is 15.0 Å². The molecule has 0 atom stereocenters. The first-order valence-corrected chi connectivity index (χ1v) is 6.96. The van der Waals surface area contributed by atoms with Crippen molar-refractivity contribution in [3.63, 3.8) is 0 Å².